The number of aryl methyl sites for hydroxylation is 1. The highest BCUT2D eigenvalue weighted by Crippen LogP contribution is 2.43. The van der Waals surface area contributed by atoms with Crippen LogP contribution in [0.3, 0.4) is 0 Å². The Morgan fingerprint density at radius 1 is 1.00 bits per heavy atom. The number of unbranched alkanes of at least 4 members (excludes halogenated alkanes) is 3. The molecular weight excluding hydrogens is 591 g/mol. The molecule has 5 rings (SSSR count). The number of aliphatic hydroxyl groups excluding tert-OH is 1. The number of ether oxygens (including phenoxy) is 1. The number of amides is 1. The van der Waals surface area contributed by atoms with Gasteiger partial charge < -0.3 is 9.84 Å². The molecule has 0 saturated heterocycles. The van der Waals surface area contributed by atoms with E-state index in [0.29, 0.717) is 33.1 Å². The minimum absolute atomic E-state index is 0.000487. The van der Waals surface area contributed by atoms with Gasteiger partial charge in [0.05, 0.1) is 18.2 Å². The lowest BCUT2D eigenvalue weighted by Gasteiger charge is -2.24. The molecule has 1 aromatic heterocycles. The number of anilines is 1. The van der Waals surface area contributed by atoms with Crippen LogP contribution in [-0.4, -0.2) is 33.6 Å². The van der Waals surface area contributed by atoms with Crippen molar-refractivity contribution in [1.82, 2.24) is 10.2 Å². The third-order valence-electron chi connectivity index (χ3n) is 7.25. The zero-order valence-electron chi connectivity index (χ0n) is 24.8. The minimum atomic E-state index is -0.878. The first-order valence-electron chi connectivity index (χ1n) is 14.7. The molecule has 1 aliphatic rings. The van der Waals surface area contributed by atoms with Crippen molar-refractivity contribution >= 4 is 46.0 Å². The lowest BCUT2D eigenvalue weighted by molar-refractivity contribution is -0.117. The summed E-state index contributed by atoms with van der Waals surface area (Å²) in [6.07, 6.45) is 7.50. The van der Waals surface area contributed by atoms with Crippen LogP contribution in [0.25, 0.3) is 6.08 Å². The van der Waals surface area contributed by atoms with E-state index in [4.69, 9.17) is 4.74 Å². The zero-order valence-corrected chi connectivity index (χ0v) is 26.4. The molecule has 0 aliphatic carbocycles. The average molecular weight is 626 g/mol. The summed E-state index contributed by atoms with van der Waals surface area (Å²) in [7, 11) is 0. The molecule has 1 N–H and O–H groups in total. The quantitative estimate of drug-likeness (QED) is 0.0652. The zero-order chi connectivity index (χ0) is 30.9. The lowest BCUT2D eigenvalue weighted by Crippen LogP contribution is -2.30. The molecule has 1 atom stereocenters. The third-order valence-corrected chi connectivity index (χ3v) is 9.37. The summed E-state index contributed by atoms with van der Waals surface area (Å²) in [5, 5.41) is 20.0. The van der Waals surface area contributed by atoms with E-state index in [1.165, 1.54) is 46.1 Å². The monoisotopic (exact) mass is 625 g/mol. The highest BCUT2D eigenvalue weighted by Gasteiger charge is 2.45. The van der Waals surface area contributed by atoms with Crippen LogP contribution >= 0.6 is 23.1 Å². The largest absolute Gasteiger partial charge is 0.503 e. The standard InChI is InChI=1S/C35H35N3O4S2/c1-3-4-5-9-22-42-28-19-17-27(18-20-28)31-30(29(39)21-16-25-10-7-6-8-11-25)32(40)33(41)38(31)34-36-37-35(44-34)43-23-26-14-12-24(2)13-15-26/h6-8,10-21,31,40H,3-5,9,22-23H2,1-2H3. The van der Waals surface area contributed by atoms with Crippen molar-refractivity contribution in [3.05, 3.63) is 119 Å². The molecule has 7 nitrogen and oxygen atoms in total. The van der Waals surface area contributed by atoms with Crippen LogP contribution in [0.15, 0.2) is 101 Å². The average Bonchev–Trinajstić information content (AvgIpc) is 3.62. The van der Waals surface area contributed by atoms with Gasteiger partial charge in [-0.1, -0.05) is 128 Å². The van der Waals surface area contributed by atoms with Crippen LogP contribution in [0.1, 0.15) is 60.9 Å². The first kappa shape index (κ1) is 31.2. The smallest absolute Gasteiger partial charge is 0.296 e. The number of ketones is 1. The third kappa shape index (κ3) is 7.65. The van der Waals surface area contributed by atoms with Crippen LogP contribution < -0.4 is 9.64 Å². The number of benzene rings is 3. The minimum Gasteiger partial charge on any atom is -0.503 e. The van der Waals surface area contributed by atoms with Crippen molar-refractivity contribution < 1.29 is 19.4 Å². The van der Waals surface area contributed by atoms with Crippen molar-refractivity contribution in [1.29, 1.82) is 0 Å². The molecule has 1 unspecified atom stereocenters. The first-order valence-corrected chi connectivity index (χ1v) is 16.5. The molecule has 3 aromatic carbocycles. The fourth-order valence-corrected chi connectivity index (χ4v) is 6.67. The summed E-state index contributed by atoms with van der Waals surface area (Å²) in [4.78, 5) is 28.5. The van der Waals surface area contributed by atoms with E-state index in [0.717, 1.165) is 30.4 Å². The normalized spacial score (nSPS) is 15.0. The second kappa shape index (κ2) is 15.0. The molecule has 0 fully saturated rings. The Morgan fingerprint density at radius 2 is 1.75 bits per heavy atom. The van der Waals surface area contributed by atoms with Crippen molar-refractivity contribution in [3.63, 3.8) is 0 Å². The maximum Gasteiger partial charge on any atom is 0.296 e. The molecule has 44 heavy (non-hydrogen) atoms. The van der Waals surface area contributed by atoms with Crippen molar-refractivity contribution in [3.8, 4) is 5.75 Å². The number of aromatic nitrogens is 2. The van der Waals surface area contributed by atoms with Crippen LogP contribution in [-0.2, 0) is 15.3 Å². The summed E-state index contributed by atoms with van der Waals surface area (Å²) < 4.78 is 6.60. The van der Waals surface area contributed by atoms with E-state index in [1.807, 2.05) is 61.5 Å². The van der Waals surface area contributed by atoms with Gasteiger partial charge in [0.25, 0.3) is 5.91 Å². The van der Waals surface area contributed by atoms with Gasteiger partial charge in [0.1, 0.15) is 5.75 Å². The van der Waals surface area contributed by atoms with Gasteiger partial charge in [-0.05, 0) is 48.2 Å². The molecule has 0 radical (unpaired) electrons. The SMILES string of the molecule is CCCCCCOc1ccc(C2C(C(=O)C=Cc3ccccc3)=C(O)C(=O)N2c2nnc(SCc3ccc(C)cc3)s2)cc1. The molecule has 0 bridgehead atoms. The van der Waals surface area contributed by atoms with Crippen molar-refractivity contribution in [2.24, 2.45) is 0 Å². The molecule has 4 aromatic rings. The van der Waals surface area contributed by atoms with Crippen LogP contribution in [0.4, 0.5) is 5.13 Å². The molecular formula is C35H35N3O4S2. The lowest BCUT2D eigenvalue weighted by atomic mass is 9.95. The number of carbonyl (C=O) groups is 2. The summed E-state index contributed by atoms with van der Waals surface area (Å²) in [6, 6.07) is 24.1. The maximum absolute atomic E-state index is 13.6. The van der Waals surface area contributed by atoms with E-state index in [-0.39, 0.29) is 5.57 Å². The van der Waals surface area contributed by atoms with Crippen LogP contribution in [0.2, 0.25) is 0 Å². The number of hydrogen-bond acceptors (Lipinski definition) is 8. The van der Waals surface area contributed by atoms with Gasteiger partial charge in [-0.3, -0.25) is 14.5 Å². The molecule has 0 saturated carbocycles. The summed E-state index contributed by atoms with van der Waals surface area (Å²) in [6.45, 7) is 4.84. The molecule has 0 spiro atoms. The Morgan fingerprint density at radius 3 is 2.48 bits per heavy atom. The van der Waals surface area contributed by atoms with Gasteiger partial charge in [-0.2, -0.15) is 0 Å². The number of thioether (sulfide) groups is 1. The fraction of sp³-hybridized carbons (Fsp3) is 0.257. The first-order chi connectivity index (χ1) is 21.4. The summed E-state index contributed by atoms with van der Waals surface area (Å²) in [5.74, 6) is -0.324. The van der Waals surface area contributed by atoms with Crippen molar-refractivity contribution in [2.75, 3.05) is 11.5 Å². The topological polar surface area (TPSA) is 92.6 Å². The van der Waals surface area contributed by atoms with Crippen LogP contribution in [0, 0.1) is 6.92 Å². The second-order valence-electron chi connectivity index (χ2n) is 10.6. The van der Waals surface area contributed by atoms with Gasteiger partial charge >= 0.3 is 0 Å². The fourth-order valence-electron chi connectivity index (χ4n) is 4.85. The Hall–Kier alpha value is -4.21. The second-order valence-corrected chi connectivity index (χ2v) is 12.7. The maximum atomic E-state index is 13.6. The van der Waals surface area contributed by atoms with Gasteiger partial charge in [0.2, 0.25) is 5.13 Å². The Labute approximate surface area is 266 Å². The van der Waals surface area contributed by atoms with Gasteiger partial charge in [0, 0.05) is 5.75 Å². The predicted octanol–water partition coefficient (Wildman–Crippen LogP) is 8.28. The highest BCUT2D eigenvalue weighted by atomic mass is 32.2. The molecule has 2 heterocycles. The Kier molecular flexibility index (Phi) is 10.6. The number of allylic oxidation sites excluding steroid dienone is 1. The number of nitrogens with zero attached hydrogens (tertiary/aromatic N) is 3. The highest BCUT2D eigenvalue weighted by molar-refractivity contribution is 8.00. The van der Waals surface area contributed by atoms with E-state index in [2.05, 4.69) is 41.4 Å². The number of carbonyl (C=O) groups excluding carboxylic acids is 2. The number of rotatable bonds is 14. The predicted molar refractivity (Wildman–Crippen MR) is 177 cm³/mol. The molecule has 226 valence electrons. The Balaban J connectivity index is 1.40. The van der Waals surface area contributed by atoms with Crippen LogP contribution in [0.5, 0.6) is 5.75 Å². The van der Waals surface area contributed by atoms with Gasteiger partial charge in [0.15, 0.2) is 15.9 Å². The summed E-state index contributed by atoms with van der Waals surface area (Å²) in [5.41, 5.74) is 3.83. The van der Waals surface area contributed by atoms with E-state index in [9.17, 15) is 14.7 Å². The van der Waals surface area contributed by atoms with E-state index in [1.54, 1.807) is 6.08 Å². The molecule has 9 heteroatoms. The molecule has 1 amide bonds. The Bertz CT molecular complexity index is 1630. The number of hydrogen-bond donors (Lipinski definition) is 1. The van der Waals surface area contributed by atoms with E-state index < -0.39 is 23.5 Å². The number of aliphatic hydroxyl groups is 1. The summed E-state index contributed by atoms with van der Waals surface area (Å²) >= 11 is 2.78. The van der Waals surface area contributed by atoms with Gasteiger partial charge in [-0.15, -0.1) is 10.2 Å². The van der Waals surface area contributed by atoms with Crippen molar-refractivity contribution in [2.45, 2.75) is 55.7 Å². The van der Waals surface area contributed by atoms with Gasteiger partial charge in [-0.25, -0.2) is 0 Å². The van der Waals surface area contributed by atoms with E-state index >= 15 is 0 Å². The molecule has 1 aliphatic heterocycles.